The zero-order valence-electron chi connectivity index (χ0n) is 20.4. The van der Waals surface area contributed by atoms with E-state index in [9.17, 15) is 0 Å². The Bertz CT molecular complexity index is 1560. The molecule has 1 heteroatoms. The van der Waals surface area contributed by atoms with Crippen molar-refractivity contribution in [1.82, 2.24) is 0 Å². The highest BCUT2D eigenvalue weighted by Crippen LogP contribution is 2.66. The molecule has 2 fully saturated rings. The second kappa shape index (κ2) is 6.68. The average Bonchev–Trinajstić information content (AvgIpc) is 3.61. The smallest absolute Gasteiger partial charge is 0.0409 e. The van der Waals surface area contributed by atoms with Gasteiger partial charge in [-0.1, -0.05) is 92.5 Å². The van der Waals surface area contributed by atoms with Crippen LogP contribution in [0.4, 0.5) is 0 Å². The molecular formula is C34H29Cl. The number of benzene rings is 4. The van der Waals surface area contributed by atoms with E-state index in [2.05, 4.69) is 86.6 Å². The second-order valence-electron chi connectivity index (χ2n) is 11.9. The highest BCUT2D eigenvalue weighted by Gasteiger charge is 2.57. The quantitative estimate of drug-likeness (QED) is 0.259. The van der Waals surface area contributed by atoms with Crippen LogP contribution in [0.3, 0.4) is 0 Å². The molecule has 0 heterocycles. The minimum absolute atomic E-state index is 0.0622. The van der Waals surface area contributed by atoms with E-state index in [1.54, 1.807) is 11.1 Å². The van der Waals surface area contributed by atoms with Gasteiger partial charge in [0.05, 0.1) is 0 Å². The highest BCUT2D eigenvalue weighted by molar-refractivity contribution is 6.30. The Balaban J connectivity index is 1.35. The molecule has 0 radical (unpaired) electrons. The Kier molecular flexibility index (Phi) is 3.89. The Hall–Kier alpha value is -2.83. The van der Waals surface area contributed by atoms with Crippen LogP contribution in [0.25, 0.3) is 33.4 Å². The van der Waals surface area contributed by atoms with Crippen LogP contribution >= 0.6 is 11.6 Å². The van der Waals surface area contributed by atoms with Gasteiger partial charge in [0, 0.05) is 15.9 Å². The molecule has 0 N–H and O–H groups in total. The van der Waals surface area contributed by atoms with Gasteiger partial charge in [0.1, 0.15) is 0 Å². The van der Waals surface area contributed by atoms with Gasteiger partial charge in [-0.2, -0.15) is 0 Å². The fraction of sp³-hybridized carbons (Fsp3) is 0.294. The minimum Gasteiger partial charge on any atom is -0.0843 e. The lowest BCUT2D eigenvalue weighted by atomic mass is 9.66. The van der Waals surface area contributed by atoms with Gasteiger partial charge in [-0.15, -0.1) is 0 Å². The number of fused-ring (bicyclic) bond motifs is 11. The van der Waals surface area contributed by atoms with Gasteiger partial charge in [0.25, 0.3) is 0 Å². The first-order valence-corrected chi connectivity index (χ1v) is 13.5. The van der Waals surface area contributed by atoms with Crippen molar-refractivity contribution in [2.24, 2.45) is 11.8 Å². The van der Waals surface area contributed by atoms with E-state index in [1.807, 2.05) is 6.07 Å². The molecule has 0 aliphatic heterocycles. The van der Waals surface area contributed by atoms with Crippen LogP contribution in [-0.2, 0) is 10.8 Å². The molecule has 4 aliphatic carbocycles. The summed E-state index contributed by atoms with van der Waals surface area (Å²) in [5.41, 5.74) is 14.5. The van der Waals surface area contributed by atoms with Crippen LogP contribution in [0, 0.1) is 11.8 Å². The summed E-state index contributed by atoms with van der Waals surface area (Å²) in [6.45, 7) is 4.68. The van der Waals surface area contributed by atoms with Gasteiger partial charge < -0.3 is 0 Å². The summed E-state index contributed by atoms with van der Waals surface area (Å²) < 4.78 is 0. The van der Waals surface area contributed by atoms with E-state index in [-0.39, 0.29) is 10.8 Å². The van der Waals surface area contributed by atoms with Crippen LogP contribution in [0.5, 0.6) is 0 Å². The SMILES string of the molecule is CC1(C)c2cc(Cl)ccc2-c2ccc(-c3cccc4c3-c3ccccc3C43CC4CCC3C4)cc21. The lowest BCUT2D eigenvalue weighted by Gasteiger charge is -2.36. The molecule has 2 saturated carbocycles. The molecule has 0 saturated heterocycles. The van der Waals surface area contributed by atoms with E-state index in [4.69, 9.17) is 11.6 Å². The first-order valence-electron chi connectivity index (χ1n) is 13.2. The number of rotatable bonds is 1. The normalized spacial score (nSPS) is 26.0. The van der Waals surface area contributed by atoms with Crippen molar-refractivity contribution < 1.29 is 0 Å². The van der Waals surface area contributed by atoms with Crippen molar-refractivity contribution in [3.05, 3.63) is 106 Å². The van der Waals surface area contributed by atoms with Crippen molar-refractivity contribution >= 4 is 11.6 Å². The Morgan fingerprint density at radius 2 is 1.43 bits per heavy atom. The van der Waals surface area contributed by atoms with Gasteiger partial charge in [-0.05, 0) is 105 Å². The average molecular weight is 473 g/mol. The first-order chi connectivity index (χ1) is 17.0. The van der Waals surface area contributed by atoms with Crippen LogP contribution in [0.1, 0.15) is 61.8 Å². The summed E-state index contributed by atoms with van der Waals surface area (Å²) in [5.74, 6) is 1.69. The summed E-state index contributed by atoms with van der Waals surface area (Å²) in [6.07, 6.45) is 5.55. The molecule has 4 aliphatic rings. The van der Waals surface area contributed by atoms with Crippen LogP contribution in [-0.4, -0.2) is 0 Å². The van der Waals surface area contributed by atoms with Crippen molar-refractivity contribution in [1.29, 1.82) is 0 Å². The third kappa shape index (κ3) is 2.44. The van der Waals surface area contributed by atoms with Crippen molar-refractivity contribution in [2.75, 3.05) is 0 Å². The molecule has 3 atom stereocenters. The maximum atomic E-state index is 6.42. The number of halogens is 1. The highest BCUT2D eigenvalue weighted by atomic mass is 35.5. The fourth-order valence-corrected chi connectivity index (χ4v) is 8.73. The molecule has 8 rings (SSSR count). The zero-order chi connectivity index (χ0) is 23.5. The molecule has 4 aromatic carbocycles. The lowest BCUT2D eigenvalue weighted by Crippen LogP contribution is -2.31. The van der Waals surface area contributed by atoms with E-state index in [0.29, 0.717) is 0 Å². The van der Waals surface area contributed by atoms with E-state index in [0.717, 1.165) is 16.9 Å². The molecular weight excluding hydrogens is 444 g/mol. The number of hydrogen-bond acceptors (Lipinski definition) is 0. The maximum Gasteiger partial charge on any atom is 0.0409 e. The predicted octanol–water partition coefficient (Wildman–Crippen LogP) is 9.40. The molecule has 35 heavy (non-hydrogen) atoms. The third-order valence-corrected chi connectivity index (χ3v) is 10.3. The Morgan fingerprint density at radius 3 is 2.23 bits per heavy atom. The summed E-state index contributed by atoms with van der Waals surface area (Å²) in [6, 6.07) is 30.0. The van der Waals surface area contributed by atoms with Crippen molar-refractivity contribution in [2.45, 2.75) is 50.4 Å². The van der Waals surface area contributed by atoms with Gasteiger partial charge in [-0.3, -0.25) is 0 Å². The molecule has 2 bridgehead atoms. The number of hydrogen-bond donors (Lipinski definition) is 0. The van der Waals surface area contributed by atoms with Gasteiger partial charge in [0.15, 0.2) is 0 Å². The Labute approximate surface area is 213 Å². The molecule has 172 valence electrons. The minimum atomic E-state index is -0.0622. The van der Waals surface area contributed by atoms with Crippen molar-refractivity contribution in [3.8, 4) is 33.4 Å². The molecule has 1 spiro atoms. The lowest BCUT2D eigenvalue weighted by molar-refractivity contribution is 0.327. The predicted molar refractivity (Wildman–Crippen MR) is 146 cm³/mol. The zero-order valence-corrected chi connectivity index (χ0v) is 21.1. The van der Waals surface area contributed by atoms with E-state index >= 15 is 0 Å². The standard InChI is InChI=1S/C34H29Cl/c1-33(2)30-17-21(11-14-25(30)26-15-13-23(35)18-31(26)33)24-7-5-9-29-32(24)27-6-3-4-8-28(27)34(29)19-20-10-12-22(34)16-20/h3-9,11,13-15,17-18,20,22H,10,12,16,19H2,1-2H3. The van der Waals surface area contributed by atoms with Gasteiger partial charge in [-0.25, -0.2) is 0 Å². The molecule has 0 aromatic heterocycles. The summed E-state index contributed by atoms with van der Waals surface area (Å²) >= 11 is 6.42. The summed E-state index contributed by atoms with van der Waals surface area (Å²) in [5, 5.41) is 0.818. The largest absolute Gasteiger partial charge is 0.0843 e. The van der Waals surface area contributed by atoms with Crippen LogP contribution in [0.2, 0.25) is 5.02 Å². The van der Waals surface area contributed by atoms with E-state index in [1.165, 1.54) is 70.2 Å². The monoisotopic (exact) mass is 472 g/mol. The first kappa shape index (κ1) is 20.4. The summed E-state index contributed by atoms with van der Waals surface area (Å²) in [4.78, 5) is 0. The fourth-order valence-electron chi connectivity index (χ4n) is 8.56. The second-order valence-corrected chi connectivity index (χ2v) is 12.3. The van der Waals surface area contributed by atoms with Gasteiger partial charge >= 0.3 is 0 Å². The van der Waals surface area contributed by atoms with E-state index < -0.39 is 0 Å². The van der Waals surface area contributed by atoms with Gasteiger partial charge in [0.2, 0.25) is 0 Å². The van der Waals surface area contributed by atoms with Crippen molar-refractivity contribution in [3.63, 3.8) is 0 Å². The van der Waals surface area contributed by atoms with Crippen LogP contribution in [0.15, 0.2) is 78.9 Å². The Morgan fingerprint density at radius 1 is 0.686 bits per heavy atom. The van der Waals surface area contributed by atoms with Crippen LogP contribution < -0.4 is 0 Å². The maximum absolute atomic E-state index is 6.42. The molecule has 0 nitrogen and oxygen atoms in total. The molecule has 4 aromatic rings. The third-order valence-electron chi connectivity index (χ3n) is 10.0. The topological polar surface area (TPSA) is 0 Å². The molecule has 3 unspecified atom stereocenters. The molecule has 0 amide bonds. The summed E-state index contributed by atoms with van der Waals surface area (Å²) in [7, 11) is 0.